The van der Waals surface area contributed by atoms with Gasteiger partial charge in [0.1, 0.15) is 0 Å². The van der Waals surface area contributed by atoms with Gasteiger partial charge in [-0.25, -0.2) is 0 Å². The summed E-state index contributed by atoms with van der Waals surface area (Å²) in [7, 11) is 1.82. The van der Waals surface area contributed by atoms with Crippen molar-refractivity contribution in [1.82, 2.24) is 14.4 Å². The zero-order valence-electron chi connectivity index (χ0n) is 23.4. The van der Waals surface area contributed by atoms with Crippen molar-refractivity contribution < 1.29 is 20.6 Å². The van der Waals surface area contributed by atoms with Crippen molar-refractivity contribution in [3.8, 4) is 0 Å². The zero-order valence-corrected chi connectivity index (χ0v) is 15.4. The average molecular weight is 374 g/mol. The van der Waals surface area contributed by atoms with Crippen molar-refractivity contribution in [2.24, 2.45) is 5.92 Å². The van der Waals surface area contributed by atoms with Crippen LogP contribution in [-0.4, -0.2) is 58.9 Å². The van der Waals surface area contributed by atoms with Crippen LogP contribution in [0.15, 0.2) is 30.4 Å². The predicted molar refractivity (Wildman–Crippen MR) is 108 cm³/mol. The SMILES string of the molecule is [2H]c1ccc2c3c(c([2H])n(C(C)=O)c13)C[C@@H]1C2=C[C@@H](C(=O)N(CC([2H])([2H])[2H])CC([2H])([2H])[2H])CN1C. The van der Waals surface area contributed by atoms with Crippen molar-refractivity contribution in [1.29, 1.82) is 0 Å². The monoisotopic (exact) mass is 373 g/mol. The molecule has 2 heterocycles. The summed E-state index contributed by atoms with van der Waals surface area (Å²) in [4.78, 5) is 28.6. The van der Waals surface area contributed by atoms with Crippen LogP contribution in [0.3, 0.4) is 0 Å². The minimum absolute atomic E-state index is 0.0561. The molecule has 0 saturated heterocycles. The van der Waals surface area contributed by atoms with E-state index in [1.54, 1.807) is 18.2 Å². The zero-order chi connectivity index (χ0) is 26.0. The molecule has 1 amide bonds. The molecule has 2 aromatic rings. The number of likely N-dealkylation sites (N-methyl/N-ethyl adjacent to an activating group) is 1. The van der Waals surface area contributed by atoms with E-state index < -0.39 is 38.6 Å². The van der Waals surface area contributed by atoms with Gasteiger partial charge in [-0.05, 0) is 49.9 Å². The van der Waals surface area contributed by atoms with Gasteiger partial charge in [0, 0.05) is 52.4 Å². The molecule has 0 saturated carbocycles. The Morgan fingerprint density at radius 3 is 2.85 bits per heavy atom. The number of nitrogens with zero attached hydrogens (tertiary/aromatic N) is 3. The first-order valence-electron chi connectivity index (χ1n) is 12.9. The number of carbonyl (C=O) groups excluding carboxylic acids is 2. The predicted octanol–water partition coefficient (Wildman–Crippen LogP) is 3.04. The van der Waals surface area contributed by atoms with E-state index in [0.29, 0.717) is 22.9 Å². The van der Waals surface area contributed by atoms with E-state index in [9.17, 15) is 9.59 Å². The maximum Gasteiger partial charge on any atom is 0.230 e. The molecule has 5 nitrogen and oxygen atoms in total. The van der Waals surface area contributed by atoms with E-state index >= 15 is 0 Å². The van der Waals surface area contributed by atoms with E-state index in [1.165, 1.54) is 11.5 Å². The van der Waals surface area contributed by atoms with Crippen molar-refractivity contribution in [3.63, 3.8) is 0 Å². The lowest BCUT2D eigenvalue weighted by Gasteiger charge is -2.40. The highest BCUT2D eigenvalue weighted by Crippen LogP contribution is 2.41. The van der Waals surface area contributed by atoms with Crippen molar-refractivity contribution in [2.75, 3.05) is 26.7 Å². The second-order valence-corrected chi connectivity index (χ2v) is 7.14. The number of hydrogen-bond acceptors (Lipinski definition) is 3. The number of benzene rings is 1. The number of amides is 1. The first kappa shape index (κ1) is 10.8. The Morgan fingerprint density at radius 1 is 1.37 bits per heavy atom. The third-order valence-electron chi connectivity index (χ3n) is 5.54. The van der Waals surface area contributed by atoms with Crippen molar-refractivity contribution in [2.45, 2.75) is 33.1 Å². The van der Waals surface area contributed by atoms with Gasteiger partial charge in [-0.3, -0.25) is 19.1 Å². The van der Waals surface area contributed by atoms with Crippen molar-refractivity contribution >= 4 is 28.3 Å². The van der Waals surface area contributed by atoms with Crippen LogP contribution in [0.2, 0.25) is 0 Å². The summed E-state index contributed by atoms with van der Waals surface area (Å²) in [6.07, 6.45) is 2.24. The molecule has 0 N–H and O–H groups in total. The van der Waals surface area contributed by atoms with Gasteiger partial charge in [0.2, 0.25) is 11.8 Å². The highest BCUT2D eigenvalue weighted by atomic mass is 16.2. The summed E-state index contributed by atoms with van der Waals surface area (Å²) in [6.45, 7) is -4.74. The van der Waals surface area contributed by atoms with Gasteiger partial charge in [0.25, 0.3) is 0 Å². The molecule has 0 radical (unpaired) electrons. The Balaban J connectivity index is 1.82. The molecule has 2 atom stereocenters. The van der Waals surface area contributed by atoms with Gasteiger partial charge in [-0.2, -0.15) is 0 Å². The molecule has 2 aliphatic rings. The summed E-state index contributed by atoms with van der Waals surface area (Å²) in [5.74, 6) is -1.70. The molecule has 0 unspecified atom stereocenters. The fourth-order valence-electron chi connectivity index (χ4n) is 4.22. The smallest absolute Gasteiger partial charge is 0.230 e. The fraction of sp³-hybridized carbons (Fsp3) is 0.455. The first-order chi connectivity index (χ1) is 16.1. The first-order valence-corrected chi connectivity index (χ1v) is 8.94. The van der Waals surface area contributed by atoms with E-state index in [4.69, 9.17) is 11.0 Å². The Bertz CT molecular complexity index is 1230. The van der Waals surface area contributed by atoms with Gasteiger partial charge >= 0.3 is 0 Å². The Labute approximate surface area is 171 Å². The quantitative estimate of drug-likeness (QED) is 0.831. The number of hydrogen-bond donors (Lipinski definition) is 0. The highest BCUT2D eigenvalue weighted by molar-refractivity contribution is 6.03. The van der Waals surface area contributed by atoms with Gasteiger partial charge in [0.05, 0.1) is 14.2 Å². The van der Waals surface area contributed by atoms with Crippen LogP contribution >= 0.6 is 0 Å². The lowest BCUT2D eigenvalue weighted by atomic mass is 9.79. The van der Waals surface area contributed by atoms with Crippen LogP contribution in [-0.2, 0) is 11.2 Å². The lowest BCUT2D eigenvalue weighted by Crippen LogP contribution is -2.47. The Hall–Kier alpha value is -2.40. The summed E-state index contributed by atoms with van der Waals surface area (Å²) in [5.41, 5.74) is 2.54. The summed E-state index contributed by atoms with van der Waals surface area (Å²) in [6, 6.07) is 3.25. The third-order valence-corrected chi connectivity index (χ3v) is 5.54. The molecule has 5 heteroatoms. The minimum Gasteiger partial charge on any atom is -0.343 e. The normalized spacial score (nSPS) is 27.0. The van der Waals surface area contributed by atoms with Gasteiger partial charge in [-0.15, -0.1) is 0 Å². The van der Waals surface area contributed by atoms with Gasteiger partial charge in [-0.1, -0.05) is 18.2 Å². The molecule has 1 aliphatic carbocycles. The molecule has 27 heavy (non-hydrogen) atoms. The molecule has 0 bridgehead atoms. The standard InChI is InChI=1S/C22H27N3O2/c1-5-24(6-2)22(27)16-10-18-17-8-7-9-19-21(17)15(13-25(19)14(3)26)11-20(18)23(4)12-16/h7-10,13,16,20H,5-6,11-12H2,1-4H3/t16-,20-/m1/s1/i1D3,2D3,9D,13D. The Kier molecular flexibility index (Phi) is 2.66. The molecule has 142 valence electrons. The summed E-state index contributed by atoms with van der Waals surface area (Å²) in [5, 5.41) is 0.642. The van der Waals surface area contributed by atoms with Gasteiger partial charge < -0.3 is 4.90 Å². The fourth-order valence-corrected chi connectivity index (χ4v) is 4.22. The molecule has 0 fully saturated rings. The van der Waals surface area contributed by atoms with E-state index in [0.717, 1.165) is 16.0 Å². The number of carbonyl (C=O) groups is 2. The molecule has 1 aliphatic heterocycles. The molecular formula is C22H27N3O2. The van der Waals surface area contributed by atoms with E-state index in [-0.39, 0.29) is 30.7 Å². The largest absolute Gasteiger partial charge is 0.343 e. The number of fused-ring (bicyclic) bond motifs is 2. The molecule has 4 rings (SSSR count). The van der Waals surface area contributed by atoms with Crippen LogP contribution in [0, 0.1) is 5.92 Å². The molecule has 0 spiro atoms. The summed E-state index contributed by atoms with van der Waals surface area (Å²) < 4.78 is 63.6. The maximum atomic E-state index is 13.4. The van der Waals surface area contributed by atoms with Crippen LogP contribution in [0.5, 0.6) is 0 Å². The third kappa shape index (κ3) is 2.72. The highest BCUT2D eigenvalue weighted by Gasteiger charge is 2.37. The topological polar surface area (TPSA) is 45.6 Å². The van der Waals surface area contributed by atoms with Crippen LogP contribution in [0.25, 0.3) is 16.5 Å². The average Bonchev–Trinajstić information content (AvgIpc) is 3.01. The van der Waals surface area contributed by atoms with Crippen LogP contribution in [0.4, 0.5) is 0 Å². The molecular weight excluding hydrogens is 338 g/mol. The summed E-state index contributed by atoms with van der Waals surface area (Å²) >= 11 is 0. The lowest BCUT2D eigenvalue weighted by molar-refractivity contribution is -0.134. The molecule has 1 aromatic heterocycles. The maximum absolute atomic E-state index is 13.4. The van der Waals surface area contributed by atoms with Crippen LogP contribution < -0.4 is 0 Å². The van der Waals surface area contributed by atoms with E-state index in [2.05, 4.69) is 0 Å². The van der Waals surface area contributed by atoms with Crippen LogP contribution in [0.1, 0.15) is 47.5 Å². The Morgan fingerprint density at radius 2 is 2.15 bits per heavy atom. The van der Waals surface area contributed by atoms with E-state index in [1.807, 2.05) is 11.9 Å². The number of aromatic nitrogens is 1. The van der Waals surface area contributed by atoms with Gasteiger partial charge in [0.15, 0.2) is 0 Å². The second-order valence-electron chi connectivity index (χ2n) is 7.14. The molecule has 1 aromatic carbocycles. The minimum atomic E-state index is -2.51. The second kappa shape index (κ2) is 6.64. The number of rotatable bonds is 3. The van der Waals surface area contributed by atoms with Crippen molar-refractivity contribution in [3.05, 3.63) is 41.6 Å².